The lowest BCUT2D eigenvalue weighted by atomic mass is 10.1. The highest BCUT2D eigenvalue weighted by Gasteiger charge is 2.18. The minimum Gasteiger partial charge on any atom is -0.475 e. The van der Waals surface area contributed by atoms with Crippen LogP contribution >= 0.6 is 0 Å². The molecule has 1 heterocycles. The highest BCUT2D eigenvalue weighted by Crippen LogP contribution is 2.29. The number of anilines is 1. The maximum Gasteiger partial charge on any atom is 0.371 e. The fraction of sp³-hybridized carbons (Fsp3) is 0.0556. The van der Waals surface area contributed by atoms with Crippen LogP contribution in [0.5, 0.6) is 0 Å². The van der Waals surface area contributed by atoms with Crippen LogP contribution in [-0.2, 0) is 10.0 Å². The maximum absolute atomic E-state index is 12.6. The summed E-state index contributed by atoms with van der Waals surface area (Å²) in [6, 6.07) is 12.1. The SMILES string of the molecule is Cc1ccc(-c2ccc(C(=O)O)o2)cc1NS(=O)(=O)c1ccc([N+](=O)[O-])cc1. The van der Waals surface area contributed by atoms with Crippen molar-refractivity contribution in [3.8, 4) is 11.3 Å². The van der Waals surface area contributed by atoms with Crippen LogP contribution in [0.15, 0.2) is 63.9 Å². The average molecular weight is 402 g/mol. The molecule has 0 saturated heterocycles. The predicted octanol–water partition coefficient (Wildman–Crippen LogP) is 3.66. The van der Waals surface area contributed by atoms with Crippen molar-refractivity contribution in [2.75, 3.05) is 4.72 Å². The van der Waals surface area contributed by atoms with Gasteiger partial charge in [0.05, 0.1) is 15.5 Å². The van der Waals surface area contributed by atoms with Gasteiger partial charge in [0.25, 0.3) is 15.7 Å². The van der Waals surface area contributed by atoms with Crippen molar-refractivity contribution in [1.29, 1.82) is 0 Å². The third kappa shape index (κ3) is 3.86. The minimum atomic E-state index is -3.98. The number of nitro benzene ring substituents is 1. The number of aromatic carboxylic acids is 1. The third-order valence-electron chi connectivity index (χ3n) is 3.94. The first-order chi connectivity index (χ1) is 13.2. The first kappa shape index (κ1) is 19.1. The molecular weight excluding hydrogens is 388 g/mol. The van der Waals surface area contributed by atoms with E-state index in [2.05, 4.69) is 4.72 Å². The molecule has 0 amide bonds. The Balaban J connectivity index is 1.92. The molecule has 10 heteroatoms. The topological polar surface area (TPSA) is 140 Å². The van der Waals surface area contributed by atoms with Gasteiger partial charge >= 0.3 is 5.97 Å². The lowest BCUT2D eigenvalue weighted by Crippen LogP contribution is -2.13. The van der Waals surface area contributed by atoms with Crippen LogP contribution in [-0.4, -0.2) is 24.4 Å². The molecule has 1 aromatic heterocycles. The molecule has 2 N–H and O–H groups in total. The number of rotatable bonds is 6. The number of hydrogen-bond donors (Lipinski definition) is 2. The summed E-state index contributed by atoms with van der Waals surface area (Å²) in [5.74, 6) is -1.17. The number of nitro groups is 1. The predicted molar refractivity (Wildman–Crippen MR) is 99.7 cm³/mol. The van der Waals surface area contributed by atoms with E-state index in [1.54, 1.807) is 19.1 Å². The molecule has 0 aliphatic rings. The van der Waals surface area contributed by atoms with Gasteiger partial charge < -0.3 is 9.52 Å². The normalized spacial score (nSPS) is 11.2. The fourth-order valence-corrected chi connectivity index (χ4v) is 3.57. The Hall–Kier alpha value is -3.66. The lowest BCUT2D eigenvalue weighted by Gasteiger charge is -2.12. The highest BCUT2D eigenvalue weighted by molar-refractivity contribution is 7.92. The smallest absolute Gasteiger partial charge is 0.371 e. The Kier molecular flexibility index (Phi) is 4.89. The largest absolute Gasteiger partial charge is 0.475 e. The standard InChI is InChI=1S/C18H14N2O7S/c1-11-2-3-12(16-8-9-17(27-16)18(21)22)10-15(11)19-28(25,26)14-6-4-13(5-7-14)20(23)24/h2-10,19H,1H3,(H,21,22). The van der Waals surface area contributed by atoms with Crippen LogP contribution in [0.3, 0.4) is 0 Å². The molecular formula is C18H14N2O7S. The number of benzene rings is 2. The Labute approximate surface area is 159 Å². The second-order valence-corrected chi connectivity index (χ2v) is 7.54. The van der Waals surface area contributed by atoms with E-state index in [-0.39, 0.29) is 27.8 Å². The number of aryl methyl sites for hydroxylation is 1. The number of non-ortho nitro benzene ring substituents is 1. The molecule has 28 heavy (non-hydrogen) atoms. The summed E-state index contributed by atoms with van der Waals surface area (Å²) < 4.78 is 32.9. The molecule has 3 aromatic rings. The van der Waals surface area contributed by atoms with E-state index in [0.717, 1.165) is 24.3 Å². The number of furan rings is 1. The van der Waals surface area contributed by atoms with Crippen molar-refractivity contribution in [1.82, 2.24) is 0 Å². The number of sulfonamides is 1. The van der Waals surface area contributed by atoms with Crippen LogP contribution in [0.4, 0.5) is 11.4 Å². The van der Waals surface area contributed by atoms with Gasteiger partial charge in [0.2, 0.25) is 5.76 Å². The number of carboxylic acid groups (broad SMARTS) is 1. The summed E-state index contributed by atoms with van der Waals surface area (Å²) in [5.41, 5.74) is 1.16. The maximum atomic E-state index is 12.6. The molecule has 0 bridgehead atoms. The molecule has 144 valence electrons. The van der Waals surface area contributed by atoms with Crippen molar-refractivity contribution in [2.24, 2.45) is 0 Å². The van der Waals surface area contributed by atoms with Crippen molar-refractivity contribution in [3.63, 3.8) is 0 Å². The first-order valence-electron chi connectivity index (χ1n) is 7.89. The molecule has 0 aliphatic heterocycles. The van der Waals surface area contributed by atoms with Crippen LogP contribution in [0.2, 0.25) is 0 Å². The number of hydrogen-bond acceptors (Lipinski definition) is 6. The third-order valence-corrected chi connectivity index (χ3v) is 5.32. The summed E-state index contributed by atoms with van der Waals surface area (Å²) in [6.07, 6.45) is 0. The molecule has 0 fully saturated rings. The number of nitrogens with one attached hydrogen (secondary N) is 1. The molecule has 9 nitrogen and oxygen atoms in total. The zero-order chi connectivity index (χ0) is 20.5. The average Bonchev–Trinajstić information content (AvgIpc) is 3.14. The monoisotopic (exact) mass is 402 g/mol. The first-order valence-corrected chi connectivity index (χ1v) is 9.37. The van der Waals surface area contributed by atoms with E-state index in [1.165, 1.54) is 18.2 Å². The van der Waals surface area contributed by atoms with Crippen LogP contribution in [0.1, 0.15) is 16.1 Å². The van der Waals surface area contributed by atoms with E-state index >= 15 is 0 Å². The Morgan fingerprint density at radius 3 is 2.36 bits per heavy atom. The van der Waals surface area contributed by atoms with Crippen LogP contribution < -0.4 is 4.72 Å². The molecule has 3 rings (SSSR count). The van der Waals surface area contributed by atoms with E-state index in [9.17, 15) is 23.3 Å². The van der Waals surface area contributed by atoms with Gasteiger partial charge in [-0.05, 0) is 42.8 Å². The number of nitrogens with zero attached hydrogens (tertiary/aromatic N) is 1. The van der Waals surface area contributed by atoms with Gasteiger partial charge in [-0.2, -0.15) is 0 Å². The quantitative estimate of drug-likeness (QED) is 0.473. The minimum absolute atomic E-state index is 0.130. The van der Waals surface area contributed by atoms with Gasteiger partial charge in [-0.25, -0.2) is 13.2 Å². The van der Waals surface area contributed by atoms with Gasteiger partial charge in [-0.3, -0.25) is 14.8 Å². The Morgan fingerprint density at radius 2 is 1.79 bits per heavy atom. The molecule has 0 saturated carbocycles. The van der Waals surface area contributed by atoms with Crippen LogP contribution in [0.25, 0.3) is 11.3 Å². The summed E-state index contributed by atoms with van der Waals surface area (Å²) in [6.45, 7) is 1.70. The van der Waals surface area contributed by atoms with Crippen molar-refractivity contribution in [3.05, 3.63) is 76.0 Å². The van der Waals surface area contributed by atoms with Crippen LogP contribution in [0, 0.1) is 17.0 Å². The zero-order valence-electron chi connectivity index (χ0n) is 14.4. The molecule has 0 radical (unpaired) electrons. The summed E-state index contributed by atoms with van der Waals surface area (Å²) >= 11 is 0. The van der Waals surface area contributed by atoms with E-state index in [0.29, 0.717) is 11.1 Å². The summed E-state index contributed by atoms with van der Waals surface area (Å²) in [4.78, 5) is 20.9. The van der Waals surface area contributed by atoms with E-state index in [4.69, 9.17) is 9.52 Å². The second kappa shape index (κ2) is 7.16. The van der Waals surface area contributed by atoms with Crippen molar-refractivity contribution in [2.45, 2.75) is 11.8 Å². The Morgan fingerprint density at radius 1 is 1.11 bits per heavy atom. The molecule has 0 spiro atoms. The zero-order valence-corrected chi connectivity index (χ0v) is 15.3. The lowest BCUT2D eigenvalue weighted by molar-refractivity contribution is -0.384. The van der Waals surface area contributed by atoms with Crippen molar-refractivity contribution < 1.29 is 27.7 Å². The van der Waals surface area contributed by atoms with E-state index in [1.807, 2.05) is 0 Å². The number of carbonyl (C=O) groups is 1. The molecule has 2 aromatic carbocycles. The van der Waals surface area contributed by atoms with Crippen molar-refractivity contribution >= 4 is 27.4 Å². The Bertz CT molecular complexity index is 1160. The van der Waals surface area contributed by atoms with Gasteiger partial charge in [-0.1, -0.05) is 12.1 Å². The van der Waals surface area contributed by atoms with Gasteiger partial charge in [-0.15, -0.1) is 0 Å². The van der Waals surface area contributed by atoms with Gasteiger partial charge in [0.1, 0.15) is 5.76 Å². The number of carboxylic acids is 1. The molecule has 0 aliphatic carbocycles. The fourth-order valence-electron chi connectivity index (χ4n) is 2.44. The van der Waals surface area contributed by atoms with Gasteiger partial charge in [0, 0.05) is 17.7 Å². The van der Waals surface area contributed by atoms with E-state index < -0.39 is 20.9 Å². The molecule has 0 unspecified atom stereocenters. The second-order valence-electron chi connectivity index (χ2n) is 5.86. The summed E-state index contributed by atoms with van der Waals surface area (Å²) in [7, 11) is -3.98. The summed E-state index contributed by atoms with van der Waals surface area (Å²) in [5, 5.41) is 19.7. The van der Waals surface area contributed by atoms with Gasteiger partial charge in [0.15, 0.2) is 0 Å². The highest BCUT2D eigenvalue weighted by atomic mass is 32.2. The molecule has 0 atom stereocenters.